The Bertz CT molecular complexity index is 926. The van der Waals surface area contributed by atoms with E-state index in [9.17, 15) is 21.6 Å². The van der Waals surface area contributed by atoms with Crippen LogP contribution in [0.15, 0.2) is 58.4 Å². The van der Waals surface area contributed by atoms with Crippen LogP contribution < -0.4 is 15.4 Å². The molecule has 0 bridgehead atoms. The quantitative estimate of drug-likeness (QED) is 0.523. The summed E-state index contributed by atoms with van der Waals surface area (Å²) in [4.78, 5) is 4.35. The molecule has 2 aromatic rings. The Morgan fingerprint density at radius 1 is 0.966 bits per heavy atom. The Morgan fingerprint density at radius 2 is 1.45 bits per heavy atom. The van der Waals surface area contributed by atoms with Gasteiger partial charge in [0.05, 0.1) is 4.90 Å². The first-order chi connectivity index (χ1) is 13.6. The van der Waals surface area contributed by atoms with Crippen LogP contribution in [0.5, 0.6) is 5.75 Å². The lowest BCUT2D eigenvalue weighted by atomic mass is 10.2. The highest BCUT2D eigenvalue weighted by Gasteiger charge is 2.28. The van der Waals surface area contributed by atoms with Crippen molar-refractivity contribution in [3.05, 3.63) is 59.7 Å². The topological polar surface area (TPSA) is 79.8 Å². The number of halogens is 3. The molecule has 0 aliphatic rings. The zero-order valence-corrected chi connectivity index (χ0v) is 16.8. The van der Waals surface area contributed by atoms with Crippen LogP contribution >= 0.6 is 0 Å². The minimum Gasteiger partial charge on any atom is -0.484 e. The lowest BCUT2D eigenvalue weighted by Gasteiger charge is -2.13. The van der Waals surface area contributed by atoms with Gasteiger partial charge in [0.1, 0.15) is 5.75 Å². The number of benzene rings is 2. The van der Waals surface area contributed by atoms with Crippen molar-refractivity contribution in [3.63, 3.8) is 0 Å². The van der Waals surface area contributed by atoms with Crippen molar-refractivity contribution in [3.8, 4) is 5.75 Å². The van der Waals surface area contributed by atoms with E-state index in [2.05, 4.69) is 20.4 Å². The third kappa shape index (κ3) is 8.02. The molecule has 0 saturated carbocycles. The molecule has 2 N–H and O–H groups in total. The van der Waals surface area contributed by atoms with Gasteiger partial charge in [-0.25, -0.2) is 8.42 Å². The van der Waals surface area contributed by atoms with Crippen LogP contribution in [0.2, 0.25) is 0 Å². The van der Waals surface area contributed by atoms with Gasteiger partial charge in [-0.2, -0.15) is 13.2 Å². The summed E-state index contributed by atoms with van der Waals surface area (Å²) in [5, 5.41) is 6.19. The van der Waals surface area contributed by atoms with Gasteiger partial charge >= 0.3 is 6.18 Å². The predicted molar refractivity (Wildman–Crippen MR) is 105 cm³/mol. The number of guanidine groups is 1. The van der Waals surface area contributed by atoms with Gasteiger partial charge in [-0.1, -0.05) is 24.3 Å². The van der Waals surface area contributed by atoms with Crippen molar-refractivity contribution < 1.29 is 26.3 Å². The molecular weight excluding hydrogens is 407 g/mol. The minimum absolute atomic E-state index is 0.145. The third-order valence-electron chi connectivity index (χ3n) is 3.82. The van der Waals surface area contributed by atoms with Crippen molar-refractivity contribution in [1.82, 2.24) is 10.6 Å². The van der Waals surface area contributed by atoms with Crippen molar-refractivity contribution in [2.75, 3.05) is 19.9 Å². The summed E-state index contributed by atoms with van der Waals surface area (Å²) in [5.41, 5.74) is 1.72. The molecule has 0 aliphatic carbocycles. The second-order valence-corrected chi connectivity index (χ2v) is 8.26. The zero-order valence-electron chi connectivity index (χ0n) is 16.0. The van der Waals surface area contributed by atoms with E-state index in [0.29, 0.717) is 19.0 Å². The van der Waals surface area contributed by atoms with E-state index in [1.807, 2.05) is 0 Å². The van der Waals surface area contributed by atoms with Gasteiger partial charge in [-0.15, -0.1) is 0 Å². The molecular formula is C19H22F3N3O3S. The molecule has 158 valence electrons. The fourth-order valence-corrected chi connectivity index (χ4v) is 2.95. The number of sulfone groups is 1. The van der Waals surface area contributed by atoms with Crippen LogP contribution in [0.3, 0.4) is 0 Å². The number of aliphatic imine (C=N–C) groups is 1. The normalized spacial score (nSPS) is 12.5. The third-order valence-corrected chi connectivity index (χ3v) is 4.95. The van der Waals surface area contributed by atoms with E-state index in [1.54, 1.807) is 43.4 Å². The summed E-state index contributed by atoms with van der Waals surface area (Å²) in [6, 6.07) is 12.8. The minimum atomic E-state index is -4.37. The fourth-order valence-electron chi connectivity index (χ4n) is 2.32. The standard InChI is InChI=1S/C19H22F3N3O3S/c1-23-18(25-12-15-5-9-17(10-6-15)29(2,26)27)24-11-14-3-7-16(8-4-14)28-13-19(20,21)22/h3-10H,11-13H2,1-2H3,(H2,23,24,25). The first-order valence-electron chi connectivity index (χ1n) is 8.59. The molecule has 0 amide bonds. The predicted octanol–water partition coefficient (Wildman–Crippen LogP) is 2.90. The molecule has 0 aliphatic heterocycles. The van der Waals surface area contributed by atoms with Crippen molar-refractivity contribution in [1.29, 1.82) is 0 Å². The number of ether oxygens (including phenoxy) is 1. The van der Waals surface area contributed by atoms with Gasteiger partial charge in [0, 0.05) is 26.4 Å². The van der Waals surface area contributed by atoms with Crippen LogP contribution in [-0.2, 0) is 22.9 Å². The van der Waals surface area contributed by atoms with E-state index in [-0.39, 0.29) is 10.6 Å². The monoisotopic (exact) mass is 429 g/mol. The molecule has 0 spiro atoms. The van der Waals surface area contributed by atoms with E-state index in [4.69, 9.17) is 0 Å². The summed E-state index contributed by atoms with van der Waals surface area (Å²) < 4.78 is 64.1. The molecule has 0 atom stereocenters. The van der Waals surface area contributed by atoms with Gasteiger partial charge in [0.2, 0.25) is 0 Å². The maximum absolute atomic E-state index is 12.2. The Morgan fingerprint density at radius 3 is 1.86 bits per heavy atom. The van der Waals surface area contributed by atoms with Crippen molar-refractivity contribution in [2.24, 2.45) is 4.99 Å². The first-order valence-corrected chi connectivity index (χ1v) is 10.5. The van der Waals surface area contributed by atoms with Gasteiger partial charge in [-0.3, -0.25) is 4.99 Å². The molecule has 0 fully saturated rings. The summed E-state index contributed by atoms with van der Waals surface area (Å²) in [5.74, 6) is 0.667. The molecule has 2 aromatic carbocycles. The Labute approximate surface area is 167 Å². The second kappa shape index (κ2) is 9.64. The van der Waals surface area contributed by atoms with Crippen molar-refractivity contribution in [2.45, 2.75) is 24.2 Å². The Kier molecular flexibility index (Phi) is 7.49. The fraction of sp³-hybridized carbons (Fsp3) is 0.316. The largest absolute Gasteiger partial charge is 0.484 e. The molecule has 0 unspecified atom stereocenters. The highest BCUT2D eigenvalue weighted by molar-refractivity contribution is 7.90. The highest BCUT2D eigenvalue weighted by atomic mass is 32.2. The average molecular weight is 429 g/mol. The number of nitrogens with one attached hydrogen (secondary N) is 2. The summed E-state index contributed by atoms with van der Waals surface area (Å²) in [7, 11) is -1.62. The molecule has 0 aromatic heterocycles. The zero-order chi connectivity index (χ0) is 21.5. The summed E-state index contributed by atoms with van der Waals surface area (Å²) >= 11 is 0. The number of nitrogens with zero attached hydrogens (tertiary/aromatic N) is 1. The molecule has 2 rings (SSSR count). The second-order valence-electron chi connectivity index (χ2n) is 6.24. The molecule has 0 saturated heterocycles. The smallest absolute Gasteiger partial charge is 0.422 e. The maximum Gasteiger partial charge on any atom is 0.422 e. The van der Waals surface area contributed by atoms with Crippen molar-refractivity contribution >= 4 is 15.8 Å². The summed E-state index contributed by atoms with van der Waals surface area (Å²) in [6.45, 7) is -0.480. The van der Waals surface area contributed by atoms with E-state index in [1.165, 1.54) is 12.1 Å². The van der Waals surface area contributed by atoms with Crippen LogP contribution in [-0.4, -0.2) is 40.5 Å². The van der Waals surface area contributed by atoms with Gasteiger partial charge in [0.25, 0.3) is 0 Å². The lowest BCUT2D eigenvalue weighted by molar-refractivity contribution is -0.153. The van der Waals surface area contributed by atoms with Crippen LogP contribution in [0.1, 0.15) is 11.1 Å². The van der Waals surface area contributed by atoms with Crippen LogP contribution in [0.25, 0.3) is 0 Å². The van der Waals surface area contributed by atoms with Gasteiger partial charge in [0.15, 0.2) is 22.4 Å². The van der Waals surface area contributed by atoms with E-state index < -0.39 is 22.6 Å². The Hall–Kier alpha value is -2.75. The molecule has 0 radical (unpaired) electrons. The Balaban J connectivity index is 1.83. The van der Waals surface area contributed by atoms with Gasteiger partial charge < -0.3 is 15.4 Å². The van der Waals surface area contributed by atoms with E-state index in [0.717, 1.165) is 17.4 Å². The molecule has 6 nitrogen and oxygen atoms in total. The lowest BCUT2D eigenvalue weighted by Crippen LogP contribution is -2.36. The van der Waals surface area contributed by atoms with Crippen LogP contribution in [0.4, 0.5) is 13.2 Å². The number of rotatable bonds is 7. The van der Waals surface area contributed by atoms with Gasteiger partial charge in [-0.05, 0) is 35.4 Å². The highest BCUT2D eigenvalue weighted by Crippen LogP contribution is 2.18. The van der Waals surface area contributed by atoms with Crippen LogP contribution in [0, 0.1) is 0 Å². The molecule has 10 heteroatoms. The summed E-state index contributed by atoms with van der Waals surface area (Å²) in [6.07, 6.45) is -3.22. The first kappa shape index (κ1) is 22.5. The van der Waals surface area contributed by atoms with E-state index >= 15 is 0 Å². The number of hydrogen-bond donors (Lipinski definition) is 2. The average Bonchev–Trinajstić information content (AvgIpc) is 2.66. The molecule has 29 heavy (non-hydrogen) atoms. The number of alkyl halides is 3. The SMILES string of the molecule is CN=C(NCc1ccc(OCC(F)(F)F)cc1)NCc1ccc(S(C)(=O)=O)cc1. The molecule has 0 heterocycles. The number of hydrogen-bond acceptors (Lipinski definition) is 4. The maximum atomic E-state index is 12.2.